The van der Waals surface area contributed by atoms with Crippen molar-refractivity contribution in [2.24, 2.45) is 0 Å². The van der Waals surface area contributed by atoms with Crippen molar-refractivity contribution in [3.63, 3.8) is 0 Å². The third-order valence-electron chi connectivity index (χ3n) is 3.24. The van der Waals surface area contributed by atoms with E-state index in [1.54, 1.807) is 6.26 Å². The molecular formula is C15H10O2. The van der Waals surface area contributed by atoms with Gasteiger partial charge >= 0.3 is 0 Å². The van der Waals surface area contributed by atoms with Crippen molar-refractivity contribution < 1.29 is 9.15 Å². The molecule has 4 rings (SSSR count). The van der Waals surface area contributed by atoms with E-state index in [4.69, 9.17) is 9.15 Å². The molecule has 3 aromatic rings. The molecule has 0 aliphatic carbocycles. The van der Waals surface area contributed by atoms with Crippen LogP contribution in [0.2, 0.25) is 0 Å². The number of furan rings is 1. The standard InChI is InChI=1S/C15H10O2/c1-2-11-13(16-8-1)5-3-10-4-6-14-12(15(10)11)7-9-17-14/h1-7,9H,8H2. The molecule has 2 nitrogen and oxygen atoms in total. The molecule has 0 bridgehead atoms. The second-order valence-corrected chi connectivity index (χ2v) is 4.19. The molecule has 1 aliphatic rings. The van der Waals surface area contributed by atoms with Gasteiger partial charge in [-0.1, -0.05) is 18.2 Å². The molecule has 1 aliphatic heterocycles. The largest absolute Gasteiger partial charge is 0.489 e. The topological polar surface area (TPSA) is 22.4 Å². The highest BCUT2D eigenvalue weighted by Gasteiger charge is 2.12. The molecule has 1 aromatic heterocycles. The average Bonchev–Trinajstić information content (AvgIpc) is 2.86. The van der Waals surface area contributed by atoms with Crippen molar-refractivity contribution in [1.29, 1.82) is 0 Å². The maximum absolute atomic E-state index is 5.64. The molecule has 82 valence electrons. The molecule has 2 heteroatoms. The Morgan fingerprint density at radius 3 is 2.94 bits per heavy atom. The zero-order chi connectivity index (χ0) is 11.2. The summed E-state index contributed by atoms with van der Waals surface area (Å²) in [7, 11) is 0. The van der Waals surface area contributed by atoms with Gasteiger partial charge in [0.25, 0.3) is 0 Å². The van der Waals surface area contributed by atoms with E-state index < -0.39 is 0 Å². The fourth-order valence-corrected chi connectivity index (χ4v) is 2.47. The van der Waals surface area contributed by atoms with E-state index in [0.717, 1.165) is 22.3 Å². The lowest BCUT2D eigenvalue weighted by atomic mass is 9.99. The smallest absolute Gasteiger partial charge is 0.134 e. The number of rotatable bonds is 0. The molecule has 0 saturated carbocycles. The van der Waals surface area contributed by atoms with Gasteiger partial charge in [-0.2, -0.15) is 0 Å². The lowest BCUT2D eigenvalue weighted by molar-refractivity contribution is 0.359. The Labute approximate surface area is 98.1 Å². The minimum Gasteiger partial charge on any atom is -0.489 e. The van der Waals surface area contributed by atoms with Crippen molar-refractivity contribution >= 4 is 27.8 Å². The molecule has 2 heterocycles. The lowest BCUT2D eigenvalue weighted by Gasteiger charge is -2.14. The van der Waals surface area contributed by atoms with Gasteiger partial charge in [-0.25, -0.2) is 0 Å². The van der Waals surface area contributed by atoms with Crippen LogP contribution < -0.4 is 4.74 Å². The Bertz CT molecular complexity index is 750. The van der Waals surface area contributed by atoms with E-state index in [1.165, 1.54) is 10.8 Å². The average molecular weight is 222 g/mol. The first-order chi connectivity index (χ1) is 8.43. The first-order valence-corrected chi connectivity index (χ1v) is 5.66. The van der Waals surface area contributed by atoms with Crippen LogP contribution in [-0.4, -0.2) is 6.61 Å². The van der Waals surface area contributed by atoms with Gasteiger partial charge in [-0.05, 0) is 29.7 Å². The van der Waals surface area contributed by atoms with E-state index >= 15 is 0 Å². The normalized spacial score (nSPS) is 13.9. The van der Waals surface area contributed by atoms with Gasteiger partial charge in [-0.15, -0.1) is 0 Å². The minimum absolute atomic E-state index is 0.653. The van der Waals surface area contributed by atoms with Crippen LogP contribution in [0.25, 0.3) is 27.8 Å². The second kappa shape index (κ2) is 3.14. The zero-order valence-corrected chi connectivity index (χ0v) is 9.14. The third-order valence-corrected chi connectivity index (χ3v) is 3.24. The summed E-state index contributed by atoms with van der Waals surface area (Å²) in [5.41, 5.74) is 2.07. The lowest BCUT2D eigenvalue weighted by Crippen LogP contribution is -2.00. The fraction of sp³-hybridized carbons (Fsp3) is 0.0667. The molecule has 17 heavy (non-hydrogen) atoms. The maximum Gasteiger partial charge on any atom is 0.134 e. The highest BCUT2D eigenvalue weighted by molar-refractivity contribution is 6.10. The quantitative estimate of drug-likeness (QED) is 0.573. The summed E-state index contributed by atoms with van der Waals surface area (Å²) < 4.78 is 11.1. The predicted octanol–water partition coefficient (Wildman–Crippen LogP) is 3.99. The van der Waals surface area contributed by atoms with Gasteiger partial charge in [-0.3, -0.25) is 0 Å². The first kappa shape index (κ1) is 8.88. The number of hydrogen-bond donors (Lipinski definition) is 0. The van der Waals surface area contributed by atoms with E-state index in [1.807, 2.05) is 24.3 Å². The minimum atomic E-state index is 0.653. The van der Waals surface area contributed by atoms with E-state index in [9.17, 15) is 0 Å². The van der Waals surface area contributed by atoms with E-state index in [2.05, 4.69) is 18.2 Å². The van der Waals surface area contributed by atoms with Gasteiger partial charge < -0.3 is 9.15 Å². The van der Waals surface area contributed by atoms with Gasteiger partial charge in [0.2, 0.25) is 0 Å². The van der Waals surface area contributed by atoms with Crippen LogP contribution in [0.4, 0.5) is 0 Å². The van der Waals surface area contributed by atoms with Gasteiger partial charge in [0, 0.05) is 16.3 Å². The van der Waals surface area contributed by atoms with Crippen LogP contribution in [0, 0.1) is 0 Å². The van der Waals surface area contributed by atoms with Crippen LogP contribution in [0.5, 0.6) is 5.75 Å². The monoisotopic (exact) mass is 222 g/mol. The number of hydrogen-bond acceptors (Lipinski definition) is 2. The fourth-order valence-electron chi connectivity index (χ4n) is 2.47. The molecular weight excluding hydrogens is 212 g/mol. The molecule has 0 radical (unpaired) electrons. The van der Waals surface area contributed by atoms with Crippen LogP contribution in [0.1, 0.15) is 5.56 Å². The molecule has 0 fully saturated rings. The summed E-state index contributed by atoms with van der Waals surface area (Å²) in [6, 6.07) is 10.2. The van der Waals surface area contributed by atoms with E-state index in [0.29, 0.717) is 6.61 Å². The second-order valence-electron chi connectivity index (χ2n) is 4.19. The molecule has 0 unspecified atom stereocenters. The Balaban J connectivity index is 2.27. The molecule has 0 spiro atoms. The molecule has 2 aromatic carbocycles. The van der Waals surface area contributed by atoms with Crippen LogP contribution in [0.3, 0.4) is 0 Å². The summed E-state index contributed by atoms with van der Waals surface area (Å²) in [6.45, 7) is 0.653. The molecule has 0 saturated heterocycles. The Morgan fingerprint density at radius 2 is 1.94 bits per heavy atom. The zero-order valence-electron chi connectivity index (χ0n) is 9.14. The van der Waals surface area contributed by atoms with E-state index in [-0.39, 0.29) is 0 Å². The summed E-state index contributed by atoms with van der Waals surface area (Å²) in [5, 5.41) is 3.58. The molecule has 0 amide bonds. The van der Waals surface area contributed by atoms with Gasteiger partial charge in [0.05, 0.1) is 6.26 Å². The summed E-state index contributed by atoms with van der Waals surface area (Å²) in [5.74, 6) is 0.953. The summed E-state index contributed by atoms with van der Waals surface area (Å²) in [6.07, 6.45) is 5.91. The van der Waals surface area contributed by atoms with Crippen LogP contribution in [0.15, 0.2) is 47.1 Å². The van der Waals surface area contributed by atoms with Crippen molar-refractivity contribution in [3.8, 4) is 5.75 Å². The number of ether oxygens (including phenoxy) is 1. The third kappa shape index (κ3) is 1.15. The SMILES string of the molecule is C1=Cc2c(ccc3ccc4occc4c23)OC1. The van der Waals surface area contributed by atoms with Gasteiger partial charge in [0.1, 0.15) is 17.9 Å². The predicted molar refractivity (Wildman–Crippen MR) is 68.2 cm³/mol. The van der Waals surface area contributed by atoms with Crippen LogP contribution in [-0.2, 0) is 0 Å². The van der Waals surface area contributed by atoms with Gasteiger partial charge in [0.15, 0.2) is 0 Å². The Morgan fingerprint density at radius 1 is 1.00 bits per heavy atom. The number of fused-ring (bicyclic) bond motifs is 5. The van der Waals surface area contributed by atoms with Crippen molar-refractivity contribution in [2.75, 3.05) is 6.61 Å². The Hall–Kier alpha value is -2.22. The van der Waals surface area contributed by atoms with Crippen LogP contribution >= 0.6 is 0 Å². The summed E-state index contributed by atoms with van der Waals surface area (Å²) in [4.78, 5) is 0. The first-order valence-electron chi connectivity index (χ1n) is 5.66. The molecule has 0 atom stereocenters. The highest BCUT2D eigenvalue weighted by atomic mass is 16.5. The maximum atomic E-state index is 5.64. The number of benzene rings is 2. The highest BCUT2D eigenvalue weighted by Crippen LogP contribution is 2.36. The summed E-state index contributed by atoms with van der Waals surface area (Å²) >= 11 is 0. The van der Waals surface area contributed by atoms with Crippen molar-refractivity contribution in [1.82, 2.24) is 0 Å². The molecule has 0 N–H and O–H groups in total. The van der Waals surface area contributed by atoms with Crippen molar-refractivity contribution in [3.05, 3.63) is 48.2 Å². The van der Waals surface area contributed by atoms with Crippen molar-refractivity contribution in [2.45, 2.75) is 0 Å². The Kier molecular flexibility index (Phi) is 1.64.